The van der Waals surface area contributed by atoms with E-state index in [1.807, 2.05) is 42.5 Å². The van der Waals surface area contributed by atoms with Gasteiger partial charge in [0.2, 0.25) is 5.91 Å². The highest BCUT2D eigenvalue weighted by molar-refractivity contribution is 6.31. The number of nitrogens with one attached hydrogen (secondary N) is 1. The molecule has 2 heterocycles. The quantitative estimate of drug-likeness (QED) is 0.197. The van der Waals surface area contributed by atoms with Crippen LogP contribution in [0.2, 0.25) is 5.02 Å². The van der Waals surface area contributed by atoms with E-state index >= 15 is 0 Å². The van der Waals surface area contributed by atoms with E-state index in [0.29, 0.717) is 40.5 Å². The summed E-state index contributed by atoms with van der Waals surface area (Å²) >= 11 is 6.35. The summed E-state index contributed by atoms with van der Waals surface area (Å²) in [6.07, 6.45) is 4.03. The van der Waals surface area contributed by atoms with Gasteiger partial charge in [0.25, 0.3) is 11.8 Å². The lowest BCUT2D eigenvalue weighted by molar-refractivity contribution is -0.139. The van der Waals surface area contributed by atoms with Gasteiger partial charge in [-0.2, -0.15) is 0 Å². The standard InChI is InChI=1S/C38H36ClN3O5/c1-25(8-7-13-35(44)41-23-29-12-6-5-11-28(29)20-32(41)24-43)38(47)33-21-30(39)16-19-34(33)42(37(38)46)22-26-14-17-31(18-15-26)40-36(45)27-9-3-2-4-10-27/h2-12,14-19,21,25,32,43,47H,13,20,22-24H2,1H3,(H,40,45)/b8-7+/t25-,32+,38+/m1/s1. The molecular formula is C38H36ClN3O5. The predicted molar refractivity (Wildman–Crippen MR) is 182 cm³/mol. The van der Waals surface area contributed by atoms with E-state index in [1.54, 1.807) is 78.6 Å². The Labute approximate surface area is 278 Å². The van der Waals surface area contributed by atoms with Crippen molar-refractivity contribution >= 4 is 40.7 Å². The minimum Gasteiger partial charge on any atom is -0.394 e. The van der Waals surface area contributed by atoms with Crippen LogP contribution in [0.15, 0.2) is 109 Å². The highest BCUT2D eigenvalue weighted by atomic mass is 35.5. The smallest absolute Gasteiger partial charge is 0.264 e. The molecule has 0 radical (unpaired) electrons. The fourth-order valence-electron chi connectivity index (χ4n) is 6.42. The highest BCUT2D eigenvalue weighted by Crippen LogP contribution is 2.46. The number of benzene rings is 4. The Kier molecular flexibility index (Phi) is 9.27. The molecule has 0 fully saturated rings. The lowest BCUT2D eigenvalue weighted by Gasteiger charge is -2.36. The van der Waals surface area contributed by atoms with Gasteiger partial charge in [0, 0.05) is 40.7 Å². The van der Waals surface area contributed by atoms with Crippen molar-refractivity contribution in [3.8, 4) is 0 Å². The lowest BCUT2D eigenvalue weighted by atomic mass is 9.83. The maximum absolute atomic E-state index is 14.0. The fraction of sp³-hybridized carbons (Fsp3) is 0.237. The third-order valence-electron chi connectivity index (χ3n) is 9.08. The zero-order chi connectivity index (χ0) is 33.1. The van der Waals surface area contributed by atoms with E-state index in [-0.39, 0.29) is 37.4 Å². The molecule has 0 spiro atoms. The van der Waals surface area contributed by atoms with Crippen LogP contribution in [0.4, 0.5) is 11.4 Å². The Morgan fingerprint density at radius 2 is 1.70 bits per heavy atom. The van der Waals surface area contributed by atoms with Gasteiger partial charge in [-0.05, 0) is 65.6 Å². The summed E-state index contributed by atoms with van der Waals surface area (Å²) in [5.74, 6) is -1.54. The van der Waals surface area contributed by atoms with Gasteiger partial charge < -0.3 is 25.3 Å². The van der Waals surface area contributed by atoms with Crippen LogP contribution in [0.5, 0.6) is 0 Å². The number of fused-ring (bicyclic) bond motifs is 2. The molecular weight excluding hydrogens is 614 g/mol. The summed E-state index contributed by atoms with van der Waals surface area (Å²) in [7, 11) is 0. The lowest BCUT2D eigenvalue weighted by Crippen LogP contribution is -2.46. The molecule has 2 aliphatic heterocycles. The van der Waals surface area contributed by atoms with Crippen LogP contribution in [0.1, 0.15) is 46.0 Å². The molecule has 0 saturated heterocycles. The molecule has 4 aromatic rings. The first-order chi connectivity index (χ1) is 22.7. The van der Waals surface area contributed by atoms with Gasteiger partial charge in [-0.15, -0.1) is 0 Å². The average Bonchev–Trinajstić information content (AvgIpc) is 3.30. The Bertz CT molecular complexity index is 1830. The predicted octanol–water partition coefficient (Wildman–Crippen LogP) is 5.85. The zero-order valence-corrected chi connectivity index (χ0v) is 26.7. The summed E-state index contributed by atoms with van der Waals surface area (Å²) in [5.41, 5.74) is 3.22. The third-order valence-corrected chi connectivity index (χ3v) is 9.32. The molecule has 240 valence electrons. The molecule has 0 aromatic heterocycles. The summed E-state index contributed by atoms with van der Waals surface area (Å²) in [4.78, 5) is 43.0. The van der Waals surface area contributed by atoms with Crippen molar-refractivity contribution in [3.63, 3.8) is 0 Å². The molecule has 9 heteroatoms. The first kappa shape index (κ1) is 32.2. The van der Waals surface area contributed by atoms with Gasteiger partial charge in [0.15, 0.2) is 5.60 Å². The number of carbonyl (C=O) groups excluding carboxylic acids is 3. The fourth-order valence-corrected chi connectivity index (χ4v) is 6.59. The molecule has 0 aliphatic carbocycles. The number of halogens is 1. The summed E-state index contributed by atoms with van der Waals surface area (Å²) in [6, 6.07) is 28.8. The number of aliphatic hydroxyl groups is 2. The van der Waals surface area contributed by atoms with Gasteiger partial charge in [0.05, 0.1) is 24.9 Å². The van der Waals surface area contributed by atoms with Crippen LogP contribution >= 0.6 is 11.6 Å². The van der Waals surface area contributed by atoms with Crippen LogP contribution in [0.3, 0.4) is 0 Å². The Balaban J connectivity index is 1.16. The maximum atomic E-state index is 14.0. The Morgan fingerprint density at radius 3 is 2.43 bits per heavy atom. The van der Waals surface area contributed by atoms with E-state index in [1.165, 1.54) is 4.90 Å². The minimum atomic E-state index is -1.90. The second-order valence-corrected chi connectivity index (χ2v) is 12.5. The van der Waals surface area contributed by atoms with Gasteiger partial charge >= 0.3 is 0 Å². The van der Waals surface area contributed by atoms with Gasteiger partial charge in [-0.25, -0.2) is 0 Å². The summed E-state index contributed by atoms with van der Waals surface area (Å²) < 4.78 is 0. The molecule has 0 bridgehead atoms. The highest BCUT2D eigenvalue weighted by Gasteiger charge is 2.52. The van der Waals surface area contributed by atoms with Crippen LogP contribution in [-0.4, -0.2) is 45.5 Å². The van der Waals surface area contributed by atoms with Crippen molar-refractivity contribution in [2.45, 2.75) is 44.5 Å². The van der Waals surface area contributed by atoms with Crippen LogP contribution in [0.25, 0.3) is 0 Å². The molecule has 0 saturated carbocycles. The van der Waals surface area contributed by atoms with Crippen molar-refractivity contribution in [2.75, 3.05) is 16.8 Å². The third kappa shape index (κ3) is 6.45. The molecule has 3 N–H and O–H groups in total. The van der Waals surface area contributed by atoms with Crippen LogP contribution in [-0.2, 0) is 34.7 Å². The zero-order valence-electron chi connectivity index (χ0n) is 26.0. The minimum absolute atomic E-state index is 0.0621. The number of anilines is 2. The molecule has 3 amide bonds. The SMILES string of the molecule is C[C@H](/C=C/CC(=O)N1Cc2ccccc2C[C@H]1CO)[C@@]1(O)C(=O)N(Cc2ccc(NC(=O)c3ccccc3)cc2)c2ccc(Cl)cc21. The van der Waals surface area contributed by atoms with Gasteiger partial charge in [-0.1, -0.05) is 85.3 Å². The largest absolute Gasteiger partial charge is 0.394 e. The molecule has 4 aromatic carbocycles. The second-order valence-electron chi connectivity index (χ2n) is 12.1. The molecule has 2 aliphatic rings. The number of aliphatic hydroxyl groups excluding tert-OH is 1. The molecule has 3 atom stereocenters. The molecule has 47 heavy (non-hydrogen) atoms. The maximum Gasteiger partial charge on any atom is 0.264 e. The second kappa shape index (κ2) is 13.5. The molecule has 8 nitrogen and oxygen atoms in total. The molecule has 6 rings (SSSR count). The monoisotopic (exact) mass is 649 g/mol. The summed E-state index contributed by atoms with van der Waals surface area (Å²) in [6.45, 7) is 2.22. The Hall–Kier alpha value is -4.76. The Morgan fingerprint density at radius 1 is 1.00 bits per heavy atom. The van der Waals surface area contributed by atoms with Crippen molar-refractivity contribution in [1.82, 2.24) is 4.90 Å². The van der Waals surface area contributed by atoms with Crippen LogP contribution in [0, 0.1) is 5.92 Å². The topological polar surface area (TPSA) is 110 Å². The average molecular weight is 650 g/mol. The number of hydrogen-bond donors (Lipinski definition) is 3. The van der Waals surface area contributed by atoms with Gasteiger partial charge in [-0.3, -0.25) is 14.4 Å². The van der Waals surface area contributed by atoms with E-state index in [0.717, 1.165) is 16.7 Å². The number of nitrogens with zero attached hydrogens (tertiary/aromatic N) is 2. The first-order valence-electron chi connectivity index (χ1n) is 15.6. The van der Waals surface area contributed by atoms with E-state index in [2.05, 4.69) is 5.32 Å². The number of amides is 3. The van der Waals surface area contributed by atoms with E-state index < -0.39 is 17.4 Å². The number of carbonyl (C=O) groups is 3. The van der Waals surface area contributed by atoms with Crippen molar-refractivity contribution in [2.24, 2.45) is 5.92 Å². The number of hydrogen-bond acceptors (Lipinski definition) is 5. The summed E-state index contributed by atoms with van der Waals surface area (Å²) in [5, 5.41) is 25.3. The van der Waals surface area contributed by atoms with E-state index in [9.17, 15) is 24.6 Å². The normalized spacial score (nSPS) is 19.4. The van der Waals surface area contributed by atoms with Crippen LogP contribution < -0.4 is 10.2 Å². The van der Waals surface area contributed by atoms with Crippen molar-refractivity contribution in [3.05, 3.63) is 142 Å². The first-order valence-corrected chi connectivity index (χ1v) is 16.0. The van der Waals surface area contributed by atoms with Crippen molar-refractivity contribution < 1.29 is 24.6 Å². The van der Waals surface area contributed by atoms with Crippen molar-refractivity contribution in [1.29, 1.82) is 0 Å². The van der Waals surface area contributed by atoms with E-state index in [4.69, 9.17) is 11.6 Å². The number of rotatable bonds is 9. The van der Waals surface area contributed by atoms with Gasteiger partial charge in [0.1, 0.15) is 0 Å². The molecule has 0 unspecified atom stereocenters.